The summed E-state index contributed by atoms with van der Waals surface area (Å²) in [6.07, 6.45) is 10.1. The van der Waals surface area contributed by atoms with Crippen molar-refractivity contribution in [1.29, 1.82) is 5.26 Å². The molecule has 0 fully saturated rings. The number of hydrogen-bond acceptors (Lipinski definition) is 6. The van der Waals surface area contributed by atoms with Crippen LogP contribution in [0.2, 0.25) is 0 Å². The van der Waals surface area contributed by atoms with Crippen LogP contribution in [0.25, 0.3) is 10.9 Å². The molecule has 1 amide bonds. The third-order valence-electron chi connectivity index (χ3n) is 6.74. The van der Waals surface area contributed by atoms with Crippen LogP contribution in [0.3, 0.4) is 0 Å². The molecule has 1 aromatic carbocycles. The second kappa shape index (κ2) is 9.94. The molecule has 0 unspecified atom stereocenters. The topological polar surface area (TPSA) is 92.1 Å². The molecule has 5 rings (SSSR count). The van der Waals surface area contributed by atoms with Gasteiger partial charge in [0.1, 0.15) is 11.1 Å². The van der Waals surface area contributed by atoms with Crippen molar-refractivity contribution in [3.8, 4) is 6.07 Å². The van der Waals surface area contributed by atoms with Crippen molar-refractivity contribution >= 4 is 39.1 Å². The number of esters is 1. The Morgan fingerprint density at radius 3 is 2.59 bits per heavy atom. The number of benzene rings is 1. The van der Waals surface area contributed by atoms with Gasteiger partial charge in [0.2, 0.25) is 0 Å². The van der Waals surface area contributed by atoms with E-state index in [2.05, 4.69) is 11.4 Å². The first-order valence-corrected chi connectivity index (χ1v) is 12.9. The largest absolute Gasteiger partial charge is 0.452 e. The molecule has 0 saturated heterocycles. The van der Waals surface area contributed by atoms with Gasteiger partial charge in [-0.15, -0.1) is 11.3 Å². The van der Waals surface area contributed by atoms with Crippen LogP contribution in [0.15, 0.2) is 24.3 Å². The first-order chi connectivity index (χ1) is 16.7. The highest BCUT2D eigenvalue weighted by atomic mass is 32.1. The van der Waals surface area contributed by atoms with E-state index < -0.39 is 18.5 Å². The lowest BCUT2D eigenvalue weighted by molar-refractivity contribution is -0.119. The molecule has 2 aliphatic carbocycles. The molecular weight excluding hydrogens is 446 g/mol. The smallest absolute Gasteiger partial charge is 0.339 e. The second-order valence-corrected chi connectivity index (χ2v) is 10.1. The number of nitriles is 1. The predicted octanol–water partition coefficient (Wildman–Crippen LogP) is 5.50. The van der Waals surface area contributed by atoms with Crippen molar-refractivity contribution in [3.05, 3.63) is 57.1 Å². The van der Waals surface area contributed by atoms with E-state index in [4.69, 9.17) is 9.72 Å². The molecule has 0 aliphatic heterocycles. The molecule has 174 valence electrons. The quantitative estimate of drug-likeness (QED) is 0.505. The van der Waals surface area contributed by atoms with Crippen LogP contribution in [0.1, 0.15) is 76.1 Å². The Hall–Kier alpha value is -3.24. The minimum Gasteiger partial charge on any atom is -0.452 e. The van der Waals surface area contributed by atoms with Gasteiger partial charge in [-0.25, -0.2) is 4.79 Å². The predicted molar refractivity (Wildman–Crippen MR) is 132 cm³/mol. The monoisotopic (exact) mass is 473 g/mol. The lowest BCUT2D eigenvalue weighted by Crippen LogP contribution is -2.22. The molecule has 0 bridgehead atoms. The van der Waals surface area contributed by atoms with Crippen molar-refractivity contribution in [2.45, 2.75) is 64.2 Å². The molecule has 7 heteroatoms. The van der Waals surface area contributed by atoms with Gasteiger partial charge in [0.25, 0.3) is 5.91 Å². The molecule has 6 nitrogen and oxygen atoms in total. The molecular formula is C27H27N3O3S. The fourth-order valence-electron chi connectivity index (χ4n) is 5.10. The van der Waals surface area contributed by atoms with Crippen LogP contribution >= 0.6 is 11.3 Å². The third kappa shape index (κ3) is 4.43. The summed E-state index contributed by atoms with van der Waals surface area (Å²) in [4.78, 5) is 31.8. The van der Waals surface area contributed by atoms with Gasteiger partial charge in [0.15, 0.2) is 6.61 Å². The Kier molecular flexibility index (Phi) is 6.59. The summed E-state index contributed by atoms with van der Waals surface area (Å²) in [6.45, 7) is -0.391. The maximum Gasteiger partial charge on any atom is 0.339 e. The van der Waals surface area contributed by atoms with Gasteiger partial charge in [-0.05, 0) is 68.6 Å². The van der Waals surface area contributed by atoms with Crippen LogP contribution in [-0.4, -0.2) is 23.5 Å². The zero-order valence-corrected chi connectivity index (χ0v) is 19.9. The van der Waals surface area contributed by atoms with Crippen LogP contribution < -0.4 is 5.32 Å². The first kappa shape index (κ1) is 22.5. The number of rotatable bonds is 4. The number of aromatic nitrogens is 1. The van der Waals surface area contributed by atoms with E-state index in [1.54, 1.807) is 0 Å². The minimum absolute atomic E-state index is 0.391. The van der Waals surface area contributed by atoms with Gasteiger partial charge in [0, 0.05) is 16.0 Å². The second-order valence-electron chi connectivity index (χ2n) is 8.99. The number of ether oxygens (including phenoxy) is 1. The highest BCUT2D eigenvalue weighted by Gasteiger charge is 2.25. The van der Waals surface area contributed by atoms with Crippen molar-refractivity contribution in [2.75, 3.05) is 11.9 Å². The number of carbonyl (C=O) groups is 2. The van der Waals surface area contributed by atoms with Gasteiger partial charge < -0.3 is 10.1 Å². The zero-order chi connectivity index (χ0) is 23.5. The number of thiophene rings is 1. The summed E-state index contributed by atoms with van der Waals surface area (Å²) in [5, 5.41) is 13.9. The van der Waals surface area contributed by atoms with E-state index in [0.717, 1.165) is 79.1 Å². The summed E-state index contributed by atoms with van der Waals surface area (Å²) in [6, 6.07) is 9.86. The standard InChI is InChI=1S/C27H27N3O3S/c28-15-20-17-9-3-1-2-4-14-23(17)34-26(20)30-24(31)16-33-27(32)25-18-10-5-7-12-21(18)29-22-13-8-6-11-19(22)25/h5,7,10,12H,1-4,6,8-9,11,13-14,16H2,(H,30,31). The summed E-state index contributed by atoms with van der Waals surface area (Å²) in [5.74, 6) is -0.919. The van der Waals surface area contributed by atoms with E-state index in [0.29, 0.717) is 16.1 Å². The molecule has 0 atom stereocenters. The number of fused-ring (bicyclic) bond motifs is 3. The van der Waals surface area contributed by atoms with Crippen molar-refractivity contribution in [1.82, 2.24) is 4.98 Å². The number of para-hydroxylation sites is 1. The number of hydrogen-bond donors (Lipinski definition) is 1. The van der Waals surface area contributed by atoms with Crippen molar-refractivity contribution < 1.29 is 14.3 Å². The summed E-state index contributed by atoms with van der Waals surface area (Å²) in [5.41, 5.74) is 4.85. The number of amides is 1. The molecule has 2 aromatic heterocycles. The van der Waals surface area contributed by atoms with Gasteiger partial charge in [-0.2, -0.15) is 5.26 Å². The maximum atomic E-state index is 13.2. The van der Waals surface area contributed by atoms with E-state index in [-0.39, 0.29) is 0 Å². The first-order valence-electron chi connectivity index (χ1n) is 12.1. The lowest BCUT2D eigenvalue weighted by Gasteiger charge is -2.19. The summed E-state index contributed by atoms with van der Waals surface area (Å²) >= 11 is 1.49. The average Bonchev–Trinajstić information content (AvgIpc) is 3.15. The molecule has 1 N–H and O–H groups in total. The molecule has 3 aromatic rings. The molecule has 2 aliphatic rings. The summed E-state index contributed by atoms with van der Waals surface area (Å²) < 4.78 is 5.49. The van der Waals surface area contributed by atoms with E-state index >= 15 is 0 Å². The van der Waals surface area contributed by atoms with E-state index in [9.17, 15) is 14.9 Å². The third-order valence-corrected chi connectivity index (χ3v) is 7.95. The SMILES string of the molecule is N#Cc1c(NC(=O)COC(=O)c2c3c(nc4ccccc24)CCCC3)sc2c1CCCCCC2. The Labute approximate surface area is 203 Å². The highest BCUT2D eigenvalue weighted by Crippen LogP contribution is 2.36. The van der Waals surface area contributed by atoms with Gasteiger partial charge >= 0.3 is 5.97 Å². The van der Waals surface area contributed by atoms with Gasteiger partial charge in [-0.1, -0.05) is 31.0 Å². The van der Waals surface area contributed by atoms with Crippen molar-refractivity contribution in [2.24, 2.45) is 0 Å². The fourth-order valence-corrected chi connectivity index (χ4v) is 6.35. The highest BCUT2D eigenvalue weighted by molar-refractivity contribution is 7.16. The molecule has 34 heavy (non-hydrogen) atoms. The molecule has 0 saturated carbocycles. The minimum atomic E-state index is -0.495. The van der Waals surface area contributed by atoms with Crippen molar-refractivity contribution in [3.63, 3.8) is 0 Å². The number of aryl methyl sites for hydroxylation is 2. The van der Waals surface area contributed by atoms with Crippen LogP contribution in [0, 0.1) is 11.3 Å². The van der Waals surface area contributed by atoms with E-state index in [1.165, 1.54) is 29.1 Å². The Morgan fingerprint density at radius 1 is 1.00 bits per heavy atom. The fraction of sp³-hybridized carbons (Fsp3) is 0.407. The molecule has 2 heterocycles. The van der Waals surface area contributed by atoms with Gasteiger partial charge in [0.05, 0.1) is 16.6 Å². The normalized spacial score (nSPS) is 15.4. The summed E-state index contributed by atoms with van der Waals surface area (Å²) in [7, 11) is 0. The van der Waals surface area contributed by atoms with Crippen LogP contribution in [0.4, 0.5) is 5.00 Å². The number of anilines is 1. The average molecular weight is 474 g/mol. The number of nitrogens with zero attached hydrogens (tertiary/aromatic N) is 2. The Balaban J connectivity index is 1.34. The number of pyridine rings is 1. The number of nitrogens with one attached hydrogen (secondary N) is 1. The maximum absolute atomic E-state index is 13.2. The Bertz CT molecular complexity index is 1300. The van der Waals surface area contributed by atoms with Crippen LogP contribution in [0.5, 0.6) is 0 Å². The molecule has 0 radical (unpaired) electrons. The van der Waals surface area contributed by atoms with Gasteiger partial charge in [-0.3, -0.25) is 9.78 Å². The Morgan fingerprint density at radius 2 is 1.74 bits per heavy atom. The lowest BCUT2D eigenvalue weighted by atomic mass is 9.90. The van der Waals surface area contributed by atoms with Crippen LogP contribution in [-0.2, 0) is 35.2 Å². The van der Waals surface area contributed by atoms with E-state index in [1.807, 2.05) is 24.3 Å². The number of carbonyl (C=O) groups excluding carboxylic acids is 2. The zero-order valence-electron chi connectivity index (χ0n) is 19.1. The molecule has 0 spiro atoms.